The van der Waals surface area contributed by atoms with Crippen molar-refractivity contribution in [1.29, 1.82) is 0 Å². The molecule has 1 aromatic rings. The zero-order valence-corrected chi connectivity index (χ0v) is 9.24. The molecular weight excluding hydrogens is 201 g/mol. The topological polar surface area (TPSA) is 12.0 Å². The fourth-order valence-corrected chi connectivity index (χ4v) is 1.66. The van der Waals surface area contributed by atoms with Gasteiger partial charge in [0, 0.05) is 16.6 Å². The molecule has 0 saturated carbocycles. The van der Waals surface area contributed by atoms with Crippen LogP contribution in [0.3, 0.4) is 0 Å². The van der Waals surface area contributed by atoms with Crippen LogP contribution in [0, 0.1) is 5.82 Å². The zero-order chi connectivity index (χ0) is 10.6. The van der Waals surface area contributed by atoms with Gasteiger partial charge < -0.3 is 5.32 Å². The molecular formula is C11H15ClFN. The van der Waals surface area contributed by atoms with Gasteiger partial charge in [-0.15, -0.1) is 0 Å². The van der Waals surface area contributed by atoms with Gasteiger partial charge in [-0.05, 0) is 32.0 Å². The molecule has 0 radical (unpaired) electrons. The van der Waals surface area contributed by atoms with Gasteiger partial charge >= 0.3 is 0 Å². The molecule has 0 aliphatic heterocycles. The highest BCUT2D eigenvalue weighted by atomic mass is 35.5. The number of likely N-dealkylation sites (N-methyl/N-ethyl adjacent to an activating group) is 1. The zero-order valence-electron chi connectivity index (χ0n) is 8.48. The second-order valence-electron chi connectivity index (χ2n) is 3.30. The molecule has 0 spiro atoms. The number of nitrogens with one attached hydrogen (secondary N) is 1. The molecule has 1 N–H and O–H groups in total. The van der Waals surface area contributed by atoms with Crippen LogP contribution in [0.4, 0.5) is 4.39 Å². The molecule has 1 rings (SSSR count). The van der Waals surface area contributed by atoms with Gasteiger partial charge in [0.2, 0.25) is 0 Å². The van der Waals surface area contributed by atoms with Crippen LogP contribution in [0.2, 0.25) is 5.02 Å². The number of halogens is 2. The summed E-state index contributed by atoms with van der Waals surface area (Å²) < 4.78 is 13.4. The number of hydrogen-bond acceptors (Lipinski definition) is 1. The Kier molecular flexibility index (Phi) is 4.36. The van der Waals surface area contributed by atoms with E-state index in [0.717, 1.165) is 6.42 Å². The highest BCUT2D eigenvalue weighted by Crippen LogP contribution is 2.20. The lowest BCUT2D eigenvalue weighted by atomic mass is 10.0. The maximum Gasteiger partial charge on any atom is 0.127 e. The van der Waals surface area contributed by atoms with Crippen LogP contribution in [0.15, 0.2) is 18.2 Å². The highest BCUT2D eigenvalue weighted by molar-refractivity contribution is 6.31. The number of hydrogen-bond donors (Lipinski definition) is 1. The van der Waals surface area contributed by atoms with E-state index < -0.39 is 0 Å². The van der Waals surface area contributed by atoms with Gasteiger partial charge in [-0.1, -0.05) is 24.6 Å². The van der Waals surface area contributed by atoms with E-state index in [-0.39, 0.29) is 11.9 Å². The van der Waals surface area contributed by atoms with Crippen molar-refractivity contribution >= 4 is 11.6 Å². The first kappa shape index (κ1) is 11.5. The quantitative estimate of drug-likeness (QED) is 0.814. The van der Waals surface area contributed by atoms with Crippen LogP contribution in [0.5, 0.6) is 0 Å². The standard InChI is InChI=1S/C11H15ClFN/c1-3-8(14-2)7-9-10(12)5-4-6-11(9)13/h4-6,8,14H,3,7H2,1-2H3. The van der Waals surface area contributed by atoms with Crippen molar-refractivity contribution in [2.45, 2.75) is 25.8 Å². The van der Waals surface area contributed by atoms with Crippen molar-refractivity contribution in [2.24, 2.45) is 0 Å². The average molecular weight is 216 g/mol. The van der Waals surface area contributed by atoms with E-state index in [1.165, 1.54) is 6.07 Å². The molecule has 1 aromatic carbocycles. The summed E-state index contributed by atoms with van der Waals surface area (Å²) >= 11 is 5.92. The van der Waals surface area contributed by atoms with Gasteiger partial charge in [0.1, 0.15) is 5.82 Å². The Morgan fingerprint density at radius 2 is 2.21 bits per heavy atom. The van der Waals surface area contributed by atoms with Crippen LogP contribution in [0.1, 0.15) is 18.9 Å². The lowest BCUT2D eigenvalue weighted by Gasteiger charge is -2.15. The highest BCUT2D eigenvalue weighted by Gasteiger charge is 2.11. The van der Waals surface area contributed by atoms with E-state index in [1.54, 1.807) is 12.1 Å². The minimum Gasteiger partial charge on any atom is -0.317 e. The molecule has 1 unspecified atom stereocenters. The van der Waals surface area contributed by atoms with Crippen LogP contribution in [0.25, 0.3) is 0 Å². The summed E-state index contributed by atoms with van der Waals surface area (Å²) in [6, 6.07) is 5.08. The minimum atomic E-state index is -0.216. The molecule has 0 bridgehead atoms. The van der Waals surface area contributed by atoms with Crippen LogP contribution in [-0.2, 0) is 6.42 Å². The summed E-state index contributed by atoms with van der Waals surface area (Å²) in [6.07, 6.45) is 1.60. The molecule has 0 fully saturated rings. The maximum atomic E-state index is 13.4. The van der Waals surface area contributed by atoms with Gasteiger partial charge in [-0.3, -0.25) is 0 Å². The van der Waals surface area contributed by atoms with Crippen molar-refractivity contribution in [3.8, 4) is 0 Å². The van der Waals surface area contributed by atoms with Gasteiger partial charge in [0.05, 0.1) is 0 Å². The van der Waals surface area contributed by atoms with Gasteiger partial charge in [-0.2, -0.15) is 0 Å². The lowest BCUT2D eigenvalue weighted by molar-refractivity contribution is 0.522. The largest absolute Gasteiger partial charge is 0.317 e. The SMILES string of the molecule is CCC(Cc1c(F)cccc1Cl)NC. The van der Waals surface area contributed by atoms with Crippen LogP contribution in [-0.4, -0.2) is 13.1 Å². The number of benzene rings is 1. The Bertz CT molecular complexity index is 277. The Morgan fingerprint density at radius 3 is 2.71 bits per heavy atom. The second kappa shape index (κ2) is 5.32. The molecule has 14 heavy (non-hydrogen) atoms. The van der Waals surface area contributed by atoms with Crippen molar-refractivity contribution in [1.82, 2.24) is 5.32 Å². The smallest absolute Gasteiger partial charge is 0.127 e. The van der Waals surface area contributed by atoms with E-state index in [1.807, 2.05) is 7.05 Å². The summed E-state index contributed by atoms with van der Waals surface area (Å²) in [5, 5.41) is 3.64. The monoisotopic (exact) mass is 215 g/mol. The molecule has 78 valence electrons. The predicted molar refractivity (Wildman–Crippen MR) is 58.3 cm³/mol. The Morgan fingerprint density at radius 1 is 1.50 bits per heavy atom. The van der Waals surface area contributed by atoms with Crippen molar-refractivity contribution in [2.75, 3.05) is 7.05 Å². The molecule has 0 aliphatic carbocycles. The van der Waals surface area contributed by atoms with Gasteiger partial charge in [0.15, 0.2) is 0 Å². The fourth-order valence-electron chi connectivity index (χ4n) is 1.42. The first-order valence-electron chi connectivity index (χ1n) is 4.79. The summed E-state index contributed by atoms with van der Waals surface area (Å²) in [6.45, 7) is 2.07. The Balaban J connectivity index is 2.84. The van der Waals surface area contributed by atoms with Crippen molar-refractivity contribution in [3.63, 3.8) is 0 Å². The Labute approximate surface area is 89.3 Å². The maximum absolute atomic E-state index is 13.4. The molecule has 1 nitrogen and oxygen atoms in total. The third-order valence-electron chi connectivity index (χ3n) is 2.41. The predicted octanol–water partition coefficient (Wildman–Crippen LogP) is 3.02. The molecule has 0 aliphatic rings. The van der Waals surface area contributed by atoms with E-state index in [2.05, 4.69) is 12.2 Å². The molecule has 0 aromatic heterocycles. The molecule has 0 amide bonds. The second-order valence-corrected chi connectivity index (χ2v) is 3.71. The average Bonchev–Trinajstić information content (AvgIpc) is 2.18. The van der Waals surface area contributed by atoms with Crippen molar-refractivity contribution in [3.05, 3.63) is 34.6 Å². The lowest BCUT2D eigenvalue weighted by Crippen LogP contribution is -2.27. The summed E-state index contributed by atoms with van der Waals surface area (Å²) in [5.74, 6) is -0.216. The van der Waals surface area contributed by atoms with E-state index in [4.69, 9.17) is 11.6 Å². The van der Waals surface area contributed by atoms with Crippen LogP contribution >= 0.6 is 11.6 Å². The summed E-state index contributed by atoms with van der Waals surface area (Å²) in [7, 11) is 1.88. The Hall–Kier alpha value is -0.600. The molecule has 3 heteroatoms. The first-order valence-corrected chi connectivity index (χ1v) is 5.17. The van der Waals surface area contributed by atoms with E-state index >= 15 is 0 Å². The minimum absolute atomic E-state index is 0.216. The molecule has 0 saturated heterocycles. The summed E-state index contributed by atoms with van der Waals surface area (Å²) in [5.41, 5.74) is 0.607. The van der Waals surface area contributed by atoms with E-state index in [0.29, 0.717) is 17.0 Å². The third-order valence-corrected chi connectivity index (χ3v) is 2.77. The van der Waals surface area contributed by atoms with Gasteiger partial charge in [0.25, 0.3) is 0 Å². The van der Waals surface area contributed by atoms with Crippen LogP contribution < -0.4 is 5.32 Å². The molecule has 0 heterocycles. The summed E-state index contributed by atoms with van der Waals surface area (Å²) in [4.78, 5) is 0. The first-order chi connectivity index (χ1) is 6.69. The van der Waals surface area contributed by atoms with Crippen molar-refractivity contribution < 1.29 is 4.39 Å². The third kappa shape index (κ3) is 2.69. The van der Waals surface area contributed by atoms with Gasteiger partial charge in [-0.25, -0.2) is 4.39 Å². The normalized spacial score (nSPS) is 12.9. The fraction of sp³-hybridized carbons (Fsp3) is 0.455. The number of rotatable bonds is 4. The molecule has 1 atom stereocenters. The van der Waals surface area contributed by atoms with E-state index in [9.17, 15) is 4.39 Å².